The molecule has 28 heavy (non-hydrogen) atoms. The van der Waals surface area contributed by atoms with E-state index in [1.807, 2.05) is 91.0 Å². The first-order chi connectivity index (χ1) is 13.7. The summed E-state index contributed by atoms with van der Waals surface area (Å²) in [5, 5.41) is 9.72. The van der Waals surface area contributed by atoms with Crippen LogP contribution in [0.15, 0.2) is 91.0 Å². The molecule has 3 aromatic carbocycles. The van der Waals surface area contributed by atoms with Crippen molar-refractivity contribution in [3.8, 4) is 0 Å². The second-order valence-corrected chi connectivity index (χ2v) is 6.90. The zero-order chi connectivity index (χ0) is 19.4. The Balaban J connectivity index is 1.80. The van der Waals surface area contributed by atoms with Gasteiger partial charge in [-0.25, -0.2) is 4.79 Å². The topological polar surface area (TPSA) is 55.8 Å². The molecule has 1 aliphatic heterocycles. The van der Waals surface area contributed by atoms with Crippen LogP contribution in [-0.2, 0) is 19.9 Å². The predicted octanol–water partition coefficient (Wildman–Crippen LogP) is 3.67. The van der Waals surface area contributed by atoms with Crippen molar-refractivity contribution < 1.29 is 19.4 Å². The molecule has 1 fully saturated rings. The van der Waals surface area contributed by atoms with E-state index >= 15 is 0 Å². The highest BCUT2D eigenvalue weighted by Crippen LogP contribution is 2.40. The van der Waals surface area contributed by atoms with E-state index in [1.54, 1.807) is 0 Å². The Labute approximate surface area is 164 Å². The minimum absolute atomic E-state index is 0.182. The van der Waals surface area contributed by atoms with E-state index in [-0.39, 0.29) is 13.0 Å². The molecule has 0 amide bonds. The van der Waals surface area contributed by atoms with Crippen LogP contribution in [-0.4, -0.2) is 29.9 Å². The minimum Gasteiger partial charge on any atom is -0.458 e. The molecule has 0 spiro atoms. The van der Waals surface area contributed by atoms with Gasteiger partial charge in [0.1, 0.15) is 11.7 Å². The maximum atomic E-state index is 11.6. The first-order valence-corrected chi connectivity index (χ1v) is 9.39. The van der Waals surface area contributed by atoms with E-state index in [4.69, 9.17) is 9.47 Å². The smallest absolute Gasteiger partial charge is 0.335 e. The van der Waals surface area contributed by atoms with Crippen molar-refractivity contribution >= 4 is 5.97 Å². The molecular formula is C24H22O4. The maximum Gasteiger partial charge on any atom is 0.335 e. The summed E-state index contributed by atoms with van der Waals surface area (Å²) in [7, 11) is 0. The van der Waals surface area contributed by atoms with Gasteiger partial charge in [0, 0.05) is 6.42 Å². The molecule has 0 unspecified atom stereocenters. The molecule has 0 radical (unpaired) electrons. The third kappa shape index (κ3) is 3.44. The normalized spacial score (nSPS) is 19.4. The van der Waals surface area contributed by atoms with E-state index in [1.165, 1.54) is 0 Å². The van der Waals surface area contributed by atoms with Gasteiger partial charge in [-0.2, -0.15) is 0 Å². The number of aliphatic hydroxyl groups excluding tert-OH is 1. The molecule has 1 saturated heterocycles. The van der Waals surface area contributed by atoms with E-state index in [0.29, 0.717) is 0 Å². The Morgan fingerprint density at radius 3 is 1.61 bits per heavy atom. The third-order valence-electron chi connectivity index (χ3n) is 5.07. The average molecular weight is 374 g/mol. The predicted molar refractivity (Wildman–Crippen MR) is 106 cm³/mol. The van der Waals surface area contributed by atoms with Gasteiger partial charge in [0.25, 0.3) is 0 Å². The van der Waals surface area contributed by atoms with Crippen LogP contribution in [0.3, 0.4) is 0 Å². The molecule has 0 aliphatic carbocycles. The van der Waals surface area contributed by atoms with Crippen molar-refractivity contribution in [1.82, 2.24) is 0 Å². The summed E-state index contributed by atoms with van der Waals surface area (Å²) < 4.78 is 11.8. The second kappa shape index (κ2) is 7.97. The molecule has 0 saturated carbocycles. The highest BCUT2D eigenvalue weighted by atomic mass is 16.6. The van der Waals surface area contributed by atoms with Crippen LogP contribution < -0.4 is 0 Å². The Morgan fingerprint density at radius 1 is 0.821 bits per heavy atom. The zero-order valence-electron chi connectivity index (χ0n) is 15.4. The van der Waals surface area contributed by atoms with Gasteiger partial charge < -0.3 is 14.6 Å². The summed E-state index contributed by atoms with van der Waals surface area (Å²) in [5.41, 5.74) is 2.09. The first kappa shape index (κ1) is 18.4. The highest BCUT2D eigenvalue weighted by Gasteiger charge is 2.40. The maximum absolute atomic E-state index is 11.6. The van der Waals surface area contributed by atoms with E-state index in [9.17, 15) is 9.90 Å². The van der Waals surface area contributed by atoms with Crippen LogP contribution in [0.5, 0.6) is 0 Å². The van der Waals surface area contributed by atoms with Crippen molar-refractivity contribution in [2.75, 3.05) is 6.61 Å². The third-order valence-corrected chi connectivity index (χ3v) is 5.07. The first-order valence-electron chi connectivity index (χ1n) is 9.39. The summed E-state index contributed by atoms with van der Waals surface area (Å²) in [5.74, 6) is -0.585. The van der Waals surface area contributed by atoms with Crippen LogP contribution in [0.4, 0.5) is 0 Å². The Kier molecular flexibility index (Phi) is 5.24. The SMILES string of the molecule is O=C1O[C@H](COC(c2ccccc2)(c2ccccc2)c2ccccc2)C[C@@H]1O. The largest absolute Gasteiger partial charge is 0.458 e. The van der Waals surface area contributed by atoms with Crippen molar-refractivity contribution in [3.63, 3.8) is 0 Å². The van der Waals surface area contributed by atoms with Crippen LogP contribution in [0.2, 0.25) is 0 Å². The fraction of sp³-hybridized carbons (Fsp3) is 0.208. The van der Waals surface area contributed by atoms with Gasteiger partial charge >= 0.3 is 5.97 Å². The summed E-state index contributed by atoms with van der Waals surface area (Å²) in [6, 6.07) is 30.0. The monoisotopic (exact) mass is 374 g/mol. The summed E-state index contributed by atoms with van der Waals surface area (Å²) >= 11 is 0. The van der Waals surface area contributed by atoms with Gasteiger partial charge in [0.2, 0.25) is 0 Å². The molecule has 142 valence electrons. The molecule has 1 aliphatic rings. The van der Waals surface area contributed by atoms with E-state index < -0.39 is 23.8 Å². The number of rotatable bonds is 6. The van der Waals surface area contributed by atoms with Crippen LogP contribution in [0.1, 0.15) is 23.1 Å². The van der Waals surface area contributed by atoms with Gasteiger partial charge in [-0.3, -0.25) is 0 Å². The lowest BCUT2D eigenvalue weighted by Crippen LogP contribution is -2.35. The standard InChI is InChI=1S/C24H22O4/c25-22-16-21(28-23(22)26)17-27-24(18-10-4-1-5-11-18,19-12-6-2-7-13-19)20-14-8-3-9-15-20/h1-15,21-22,25H,16-17H2/t21-,22-/m0/s1. The van der Waals surface area contributed by atoms with Crippen molar-refractivity contribution in [3.05, 3.63) is 108 Å². The molecule has 4 rings (SSSR count). The van der Waals surface area contributed by atoms with Crippen LogP contribution in [0, 0.1) is 0 Å². The number of esters is 1. The molecule has 3 aromatic rings. The minimum atomic E-state index is -1.08. The number of benzene rings is 3. The number of carbonyl (C=O) groups excluding carboxylic acids is 1. The molecule has 4 heteroatoms. The number of cyclic esters (lactones) is 1. The molecule has 2 atom stereocenters. The number of carbonyl (C=O) groups is 1. The molecule has 4 nitrogen and oxygen atoms in total. The Bertz CT molecular complexity index is 812. The molecule has 1 N–H and O–H groups in total. The van der Waals surface area contributed by atoms with E-state index in [0.717, 1.165) is 16.7 Å². The fourth-order valence-corrected chi connectivity index (χ4v) is 3.72. The Hall–Kier alpha value is -2.95. The van der Waals surface area contributed by atoms with Crippen molar-refractivity contribution in [2.24, 2.45) is 0 Å². The molecule has 1 heterocycles. The summed E-state index contributed by atoms with van der Waals surface area (Å²) in [4.78, 5) is 11.6. The number of ether oxygens (including phenoxy) is 2. The quantitative estimate of drug-likeness (QED) is 0.528. The molecular weight excluding hydrogens is 352 g/mol. The average Bonchev–Trinajstić information content (AvgIpc) is 3.08. The fourth-order valence-electron chi connectivity index (χ4n) is 3.72. The van der Waals surface area contributed by atoms with Gasteiger partial charge in [0.05, 0.1) is 6.61 Å². The number of hydrogen-bond acceptors (Lipinski definition) is 4. The van der Waals surface area contributed by atoms with Gasteiger partial charge in [-0.05, 0) is 16.7 Å². The lowest BCUT2D eigenvalue weighted by atomic mass is 9.80. The van der Waals surface area contributed by atoms with Gasteiger partial charge in [-0.1, -0.05) is 91.0 Å². The van der Waals surface area contributed by atoms with Gasteiger partial charge in [0.15, 0.2) is 6.10 Å². The Morgan fingerprint density at radius 2 is 1.25 bits per heavy atom. The van der Waals surface area contributed by atoms with E-state index in [2.05, 4.69) is 0 Å². The van der Waals surface area contributed by atoms with Crippen LogP contribution in [0.25, 0.3) is 0 Å². The van der Waals surface area contributed by atoms with Gasteiger partial charge in [-0.15, -0.1) is 0 Å². The van der Waals surface area contributed by atoms with Crippen molar-refractivity contribution in [2.45, 2.75) is 24.2 Å². The molecule has 0 aromatic heterocycles. The lowest BCUT2D eigenvalue weighted by molar-refractivity contribution is -0.150. The lowest BCUT2D eigenvalue weighted by Gasteiger charge is -2.36. The second-order valence-electron chi connectivity index (χ2n) is 6.90. The molecule has 0 bridgehead atoms. The number of hydrogen-bond donors (Lipinski definition) is 1. The zero-order valence-corrected chi connectivity index (χ0v) is 15.4. The van der Waals surface area contributed by atoms with Crippen molar-refractivity contribution in [1.29, 1.82) is 0 Å². The van der Waals surface area contributed by atoms with Crippen LogP contribution >= 0.6 is 0 Å². The summed E-state index contributed by atoms with van der Waals surface area (Å²) in [6.07, 6.45) is -1.31. The number of aliphatic hydroxyl groups is 1. The summed E-state index contributed by atoms with van der Waals surface area (Å²) in [6.45, 7) is 0.182. The highest BCUT2D eigenvalue weighted by molar-refractivity contribution is 5.76.